The maximum absolute atomic E-state index is 12.5. The van der Waals surface area contributed by atoms with Crippen molar-refractivity contribution in [2.75, 3.05) is 0 Å². The van der Waals surface area contributed by atoms with Crippen molar-refractivity contribution in [3.05, 3.63) is 0 Å². The lowest BCUT2D eigenvalue weighted by atomic mass is 10.2. The third-order valence-corrected chi connectivity index (χ3v) is 4.16. The predicted molar refractivity (Wildman–Crippen MR) is 93.8 cm³/mol. The molecule has 7 nitrogen and oxygen atoms in total. The lowest BCUT2D eigenvalue weighted by Gasteiger charge is -2.33. The standard InChI is InChI=1S/C19H34O7/c1-16(2,3)23-25-18(11-7-8-12-18)21-15(20)22-19(13-9-10-14-19)26-24-17(4,5)6/h7-14H2,1-6H3. The molecule has 2 aliphatic rings. The summed E-state index contributed by atoms with van der Waals surface area (Å²) in [7, 11) is 0. The third kappa shape index (κ3) is 6.68. The van der Waals surface area contributed by atoms with Crippen LogP contribution in [0.15, 0.2) is 0 Å². The Morgan fingerprint density at radius 2 is 0.962 bits per heavy atom. The van der Waals surface area contributed by atoms with Crippen molar-refractivity contribution in [3.8, 4) is 0 Å². The molecule has 2 fully saturated rings. The largest absolute Gasteiger partial charge is 0.513 e. The first kappa shape index (κ1) is 21.4. The lowest BCUT2D eigenvalue weighted by molar-refractivity contribution is -0.463. The minimum absolute atomic E-state index is 0.501. The first-order chi connectivity index (χ1) is 11.9. The van der Waals surface area contributed by atoms with Crippen molar-refractivity contribution >= 4 is 6.16 Å². The molecule has 2 saturated carbocycles. The fourth-order valence-electron chi connectivity index (χ4n) is 2.96. The second-order valence-corrected chi connectivity index (χ2v) is 9.25. The Bertz CT molecular complexity index is 421. The summed E-state index contributed by atoms with van der Waals surface area (Å²) < 4.78 is 11.1. The average Bonchev–Trinajstić information content (AvgIpc) is 3.13. The average molecular weight is 374 g/mol. The van der Waals surface area contributed by atoms with E-state index in [0.717, 1.165) is 25.7 Å². The van der Waals surface area contributed by atoms with Crippen molar-refractivity contribution in [1.82, 2.24) is 0 Å². The molecule has 2 rings (SSSR count). The molecule has 0 aromatic carbocycles. The second-order valence-electron chi connectivity index (χ2n) is 9.25. The van der Waals surface area contributed by atoms with Gasteiger partial charge < -0.3 is 9.47 Å². The van der Waals surface area contributed by atoms with Crippen molar-refractivity contribution in [3.63, 3.8) is 0 Å². The molecule has 0 heterocycles. The molecule has 0 spiro atoms. The van der Waals surface area contributed by atoms with Gasteiger partial charge in [0.1, 0.15) is 0 Å². The Hall–Kier alpha value is -0.890. The number of ether oxygens (including phenoxy) is 2. The van der Waals surface area contributed by atoms with Crippen LogP contribution in [-0.2, 0) is 29.0 Å². The summed E-state index contributed by atoms with van der Waals surface area (Å²) in [5, 5.41) is 0. The van der Waals surface area contributed by atoms with E-state index in [1.165, 1.54) is 0 Å². The summed E-state index contributed by atoms with van der Waals surface area (Å²) in [5.41, 5.74) is -1.00. The zero-order valence-electron chi connectivity index (χ0n) is 17.0. The molecule has 0 amide bonds. The van der Waals surface area contributed by atoms with Gasteiger partial charge in [0.05, 0.1) is 11.2 Å². The molecule has 2 aliphatic carbocycles. The summed E-state index contributed by atoms with van der Waals surface area (Å²) in [6.07, 6.45) is 5.07. The fourth-order valence-corrected chi connectivity index (χ4v) is 2.96. The van der Waals surface area contributed by atoms with Gasteiger partial charge in [0.2, 0.25) is 11.6 Å². The normalized spacial score (nSPS) is 22.4. The van der Waals surface area contributed by atoms with Crippen LogP contribution >= 0.6 is 0 Å². The second kappa shape index (κ2) is 8.00. The van der Waals surface area contributed by atoms with Gasteiger partial charge in [0.15, 0.2) is 0 Å². The molecular formula is C19H34O7. The number of carbonyl (C=O) groups is 1. The maximum Gasteiger partial charge on any atom is 0.513 e. The highest BCUT2D eigenvalue weighted by Gasteiger charge is 2.46. The van der Waals surface area contributed by atoms with Gasteiger partial charge in [0.25, 0.3) is 0 Å². The van der Waals surface area contributed by atoms with Crippen molar-refractivity contribution in [2.45, 2.75) is 116 Å². The molecule has 7 heteroatoms. The molecule has 152 valence electrons. The fraction of sp³-hybridized carbons (Fsp3) is 0.947. The van der Waals surface area contributed by atoms with Crippen LogP contribution in [0.1, 0.15) is 92.9 Å². The molecule has 0 bridgehead atoms. The maximum atomic E-state index is 12.5. The molecule has 0 aromatic heterocycles. The minimum atomic E-state index is -1.10. The Morgan fingerprint density at radius 1 is 0.654 bits per heavy atom. The topological polar surface area (TPSA) is 72.5 Å². The summed E-state index contributed by atoms with van der Waals surface area (Å²) in [6, 6.07) is 0. The molecule has 0 saturated heterocycles. The van der Waals surface area contributed by atoms with Gasteiger partial charge in [0, 0.05) is 25.7 Å². The zero-order valence-corrected chi connectivity index (χ0v) is 17.0. The summed E-state index contributed by atoms with van der Waals surface area (Å²) in [5.74, 6) is -2.20. The Balaban J connectivity index is 1.97. The van der Waals surface area contributed by atoms with E-state index in [1.54, 1.807) is 0 Å². The Morgan fingerprint density at radius 3 is 1.23 bits per heavy atom. The first-order valence-corrected chi connectivity index (χ1v) is 9.58. The van der Waals surface area contributed by atoms with E-state index < -0.39 is 28.9 Å². The van der Waals surface area contributed by atoms with Gasteiger partial charge >= 0.3 is 6.16 Å². The van der Waals surface area contributed by atoms with Crippen LogP contribution in [0.3, 0.4) is 0 Å². The van der Waals surface area contributed by atoms with E-state index in [9.17, 15) is 4.79 Å². The van der Waals surface area contributed by atoms with Gasteiger partial charge in [-0.25, -0.2) is 14.6 Å². The predicted octanol–water partition coefficient (Wildman–Crippen LogP) is 5.17. The van der Waals surface area contributed by atoms with Gasteiger partial charge in [-0.1, -0.05) is 0 Å². The number of carbonyl (C=O) groups excluding carboxylic acids is 1. The van der Waals surface area contributed by atoms with E-state index in [1.807, 2.05) is 41.5 Å². The van der Waals surface area contributed by atoms with Gasteiger partial charge in [-0.2, -0.15) is 9.78 Å². The van der Waals surface area contributed by atoms with Crippen LogP contribution in [0.2, 0.25) is 0 Å². The zero-order chi connectivity index (χ0) is 19.5. The van der Waals surface area contributed by atoms with Crippen molar-refractivity contribution in [1.29, 1.82) is 0 Å². The van der Waals surface area contributed by atoms with Crippen LogP contribution < -0.4 is 0 Å². The molecule has 0 radical (unpaired) electrons. The first-order valence-electron chi connectivity index (χ1n) is 9.58. The van der Waals surface area contributed by atoms with E-state index >= 15 is 0 Å². The Kier molecular flexibility index (Phi) is 6.59. The lowest BCUT2D eigenvalue weighted by Crippen LogP contribution is -2.43. The van der Waals surface area contributed by atoms with E-state index in [4.69, 9.17) is 29.0 Å². The summed E-state index contributed by atoms with van der Waals surface area (Å²) in [6.45, 7) is 11.2. The van der Waals surface area contributed by atoms with Gasteiger partial charge in [-0.15, -0.1) is 0 Å². The number of rotatable bonds is 6. The molecule has 26 heavy (non-hydrogen) atoms. The highest BCUT2D eigenvalue weighted by atomic mass is 17.3. The van der Waals surface area contributed by atoms with Crippen LogP contribution in [0.5, 0.6) is 0 Å². The number of hydrogen-bond acceptors (Lipinski definition) is 7. The minimum Gasteiger partial charge on any atom is -0.399 e. The quantitative estimate of drug-likeness (QED) is 0.275. The Labute approximate surface area is 156 Å². The molecule has 0 aromatic rings. The van der Waals surface area contributed by atoms with E-state index in [0.29, 0.717) is 25.7 Å². The van der Waals surface area contributed by atoms with Gasteiger partial charge in [-0.05, 0) is 67.2 Å². The summed E-state index contributed by atoms with van der Waals surface area (Å²) >= 11 is 0. The SMILES string of the molecule is CC(C)(C)OOC1(OC(=O)OC2(OOC(C)(C)C)CCCC2)CCCC1. The molecule has 0 unspecified atom stereocenters. The highest BCUT2D eigenvalue weighted by molar-refractivity contribution is 5.61. The molecule has 0 atom stereocenters. The van der Waals surface area contributed by atoms with E-state index in [-0.39, 0.29) is 0 Å². The smallest absolute Gasteiger partial charge is 0.399 e. The molecular weight excluding hydrogens is 340 g/mol. The summed E-state index contributed by atoms with van der Waals surface area (Å²) in [4.78, 5) is 34.4. The van der Waals surface area contributed by atoms with Crippen LogP contribution in [0.25, 0.3) is 0 Å². The van der Waals surface area contributed by atoms with Crippen LogP contribution in [-0.4, -0.2) is 28.9 Å². The van der Waals surface area contributed by atoms with E-state index in [2.05, 4.69) is 0 Å². The van der Waals surface area contributed by atoms with Gasteiger partial charge in [-0.3, -0.25) is 0 Å². The highest BCUT2D eigenvalue weighted by Crippen LogP contribution is 2.39. The van der Waals surface area contributed by atoms with Crippen molar-refractivity contribution in [2.24, 2.45) is 0 Å². The number of hydrogen-bond donors (Lipinski definition) is 0. The monoisotopic (exact) mass is 374 g/mol. The third-order valence-electron chi connectivity index (χ3n) is 4.16. The van der Waals surface area contributed by atoms with Crippen LogP contribution in [0, 0.1) is 0 Å². The van der Waals surface area contributed by atoms with Crippen molar-refractivity contribution < 1.29 is 33.8 Å². The molecule has 0 aliphatic heterocycles. The molecule has 0 N–H and O–H groups in total. The van der Waals surface area contributed by atoms with Crippen LogP contribution in [0.4, 0.5) is 4.79 Å².